The molecule has 0 fully saturated rings. The zero-order valence-corrected chi connectivity index (χ0v) is 20.7. The van der Waals surface area contributed by atoms with E-state index in [1.165, 1.54) is 11.3 Å². The zero-order valence-electron chi connectivity index (χ0n) is 18.3. The van der Waals surface area contributed by atoms with Gasteiger partial charge >= 0.3 is 0 Å². The van der Waals surface area contributed by atoms with Gasteiger partial charge in [0, 0.05) is 39.8 Å². The highest BCUT2D eigenvalue weighted by Crippen LogP contribution is 2.18. The summed E-state index contributed by atoms with van der Waals surface area (Å²) in [6.07, 6.45) is 0.489. The number of amides is 3. The van der Waals surface area contributed by atoms with Crippen LogP contribution in [0.25, 0.3) is 0 Å². The van der Waals surface area contributed by atoms with Crippen molar-refractivity contribution in [3.05, 3.63) is 105 Å². The average Bonchev–Trinajstić information content (AvgIpc) is 3.32. The van der Waals surface area contributed by atoms with Gasteiger partial charge in [-0.05, 0) is 54.6 Å². The van der Waals surface area contributed by atoms with Crippen LogP contribution in [-0.4, -0.2) is 34.5 Å². The van der Waals surface area contributed by atoms with Gasteiger partial charge in [0.2, 0.25) is 5.13 Å². The second-order valence-corrected chi connectivity index (χ2v) is 9.35. The smallest absolute Gasteiger partial charge is 0.257 e. The Hall–Kier alpha value is -3.89. The van der Waals surface area contributed by atoms with Crippen LogP contribution in [0.15, 0.2) is 83.3 Å². The highest BCUT2D eigenvalue weighted by Gasteiger charge is 2.12. The van der Waals surface area contributed by atoms with Gasteiger partial charge in [0.15, 0.2) is 0 Å². The van der Waals surface area contributed by atoms with E-state index >= 15 is 0 Å². The maximum atomic E-state index is 12.5. The van der Waals surface area contributed by atoms with Crippen LogP contribution in [0.4, 0.5) is 10.8 Å². The third kappa shape index (κ3) is 6.81. The topological polar surface area (TPSA) is 113 Å². The Morgan fingerprint density at radius 2 is 1.43 bits per heavy atom. The molecule has 176 valence electrons. The molecule has 3 aromatic carbocycles. The number of hydrogen-bond donors (Lipinski definition) is 3. The van der Waals surface area contributed by atoms with Crippen LogP contribution in [0.3, 0.4) is 0 Å². The standard InChI is InChI=1S/C25H20BrN5O3S/c26-19-8-4-7-18(15-19)22(32)27-14-13-21-30-31-25(35-21)29-24(34)17-9-11-20(12-10-17)28-23(33)16-5-2-1-3-6-16/h1-12,15H,13-14H2,(H,27,32)(H,28,33)(H,29,31,34). The van der Waals surface area contributed by atoms with Gasteiger partial charge in [0.25, 0.3) is 17.7 Å². The van der Waals surface area contributed by atoms with E-state index in [4.69, 9.17) is 0 Å². The molecule has 0 saturated carbocycles. The number of nitrogens with zero attached hydrogens (tertiary/aromatic N) is 2. The third-order valence-electron chi connectivity index (χ3n) is 4.84. The van der Waals surface area contributed by atoms with Crippen molar-refractivity contribution in [1.82, 2.24) is 15.5 Å². The number of aromatic nitrogens is 2. The first kappa shape index (κ1) is 24.2. The molecule has 0 saturated heterocycles. The Morgan fingerprint density at radius 3 is 2.17 bits per heavy atom. The molecule has 0 radical (unpaired) electrons. The van der Waals surface area contributed by atoms with Crippen LogP contribution in [0.1, 0.15) is 36.1 Å². The molecule has 35 heavy (non-hydrogen) atoms. The minimum atomic E-state index is -0.336. The van der Waals surface area contributed by atoms with Crippen molar-refractivity contribution in [3.8, 4) is 0 Å². The number of halogens is 1. The van der Waals surface area contributed by atoms with E-state index in [1.54, 1.807) is 66.7 Å². The Balaban J connectivity index is 1.26. The van der Waals surface area contributed by atoms with Gasteiger partial charge in [-0.15, -0.1) is 10.2 Å². The van der Waals surface area contributed by atoms with Crippen LogP contribution >= 0.6 is 27.3 Å². The largest absolute Gasteiger partial charge is 0.352 e. The normalized spacial score (nSPS) is 10.4. The van der Waals surface area contributed by atoms with E-state index < -0.39 is 0 Å². The quantitative estimate of drug-likeness (QED) is 0.292. The Bertz CT molecular complexity index is 1340. The molecule has 3 N–H and O–H groups in total. The van der Waals surface area contributed by atoms with Crippen molar-refractivity contribution in [2.24, 2.45) is 0 Å². The van der Waals surface area contributed by atoms with Crippen LogP contribution in [-0.2, 0) is 6.42 Å². The fraction of sp³-hybridized carbons (Fsp3) is 0.0800. The van der Waals surface area contributed by atoms with Crippen molar-refractivity contribution in [3.63, 3.8) is 0 Å². The van der Waals surface area contributed by atoms with Gasteiger partial charge in [-0.3, -0.25) is 19.7 Å². The van der Waals surface area contributed by atoms with E-state index in [-0.39, 0.29) is 17.7 Å². The molecule has 1 heterocycles. The van der Waals surface area contributed by atoms with Crippen LogP contribution in [0.2, 0.25) is 0 Å². The van der Waals surface area contributed by atoms with Gasteiger partial charge in [0.1, 0.15) is 5.01 Å². The average molecular weight is 550 g/mol. The molecule has 0 aliphatic heterocycles. The van der Waals surface area contributed by atoms with Crippen molar-refractivity contribution < 1.29 is 14.4 Å². The lowest BCUT2D eigenvalue weighted by Gasteiger charge is -2.06. The molecule has 8 nitrogen and oxygen atoms in total. The number of nitrogens with one attached hydrogen (secondary N) is 3. The van der Waals surface area contributed by atoms with Gasteiger partial charge < -0.3 is 10.6 Å². The summed E-state index contributed by atoms with van der Waals surface area (Å²) in [5.74, 6) is -0.735. The van der Waals surface area contributed by atoms with Crippen molar-refractivity contribution in [1.29, 1.82) is 0 Å². The summed E-state index contributed by atoms with van der Waals surface area (Å²) in [7, 11) is 0. The molecule has 0 unspecified atom stereocenters. The summed E-state index contributed by atoms with van der Waals surface area (Å²) in [4.78, 5) is 37.0. The predicted molar refractivity (Wildman–Crippen MR) is 139 cm³/mol. The molecule has 0 aliphatic rings. The summed E-state index contributed by atoms with van der Waals surface area (Å²) in [5, 5.41) is 17.5. The maximum Gasteiger partial charge on any atom is 0.257 e. The lowest BCUT2D eigenvalue weighted by Crippen LogP contribution is -2.25. The fourth-order valence-corrected chi connectivity index (χ4v) is 4.22. The lowest BCUT2D eigenvalue weighted by atomic mass is 10.1. The highest BCUT2D eigenvalue weighted by atomic mass is 79.9. The zero-order chi connectivity index (χ0) is 24.6. The minimum absolute atomic E-state index is 0.173. The Morgan fingerprint density at radius 1 is 0.743 bits per heavy atom. The van der Waals surface area contributed by atoms with E-state index in [0.717, 1.165) is 4.47 Å². The third-order valence-corrected chi connectivity index (χ3v) is 6.23. The van der Waals surface area contributed by atoms with Crippen molar-refractivity contribution in [2.45, 2.75) is 6.42 Å². The second kappa shape index (κ2) is 11.5. The van der Waals surface area contributed by atoms with Gasteiger partial charge in [-0.2, -0.15) is 0 Å². The van der Waals surface area contributed by atoms with E-state index in [2.05, 4.69) is 42.1 Å². The maximum absolute atomic E-state index is 12.5. The van der Waals surface area contributed by atoms with E-state index in [0.29, 0.717) is 45.5 Å². The molecule has 4 rings (SSSR count). The summed E-state index contributed by atoms with van der Waals surface area (Å²) < 4.78 is 0.834. The predicted octanol–water partition coefficient (Wildman–Crippen LogP) is 4.78. The number of benzene rings is 3. The highest BCUT2D eigenvalue weighted by molar-refractivity contribution is 9.10. The summed E-state index contributed by atoms with van der Waals surface area (Å²) in [6.45, 7) is 0.393. The number of carbonyl (C=O) groups excluding carboxylic acids is 3. The molecule has 1 aromatic heterocycles. The van der Waals surface area contributed by atoms with Crippen LogP contribution in [0.5, 0.6) is 0 Å². The summed E-state index contributed by atoms with van der Waals surface area (Å²) in [5.41, 5.74) is 2.11. The fourth-order valence-electron chi connectivity index (χ4n) is 3.09. The van der Waals surface area contributed by atoms with E-state index in [9.17, 15) is 14.4 Å². The van der Waals surface area contributed by atoms with Crippen molar-refractivity contribution >= 4 is 55.8 Å². The monoisotopic (exact) mass is 549 g/mol. The first-order chi connectivity index (χ1) is 17.0. The molecule has 0 aliphatic carbocycles. The first-order valence-corrected chi connectivity index (χ1v) is 12.2. The second-order valence-electron chi connectivity index (χ2n) is 7.37. The van der Waals surface area contributed by atoms with Gasteiger partial charge in [0.05, 0.1) is 0 Å². The molecule has 0 bridgehead atoms. The molecule has 10 heteroatoms. The molecule has 0 spiro atoms. The van der Waals surface area contributed by atoms with Crippen molar-refractivity contribution in [2.75, 3.05) is 17.2 Å². The molecule has 3 amide bonds. The van der Waals surface area contributed by atoms with Crippen LogP contribution < -0.4 is 16.0 Å². The molecule has 0 atom stereocenters. The number of hydrogen-bond acceptors (Lipinski definition) is 6. The van der Waals surface area contributed by atoms with Crippen LogP contribution in [0, 0.1) is 0 Å². The number of carbonyl (C=O) groups is 3. The molecular weight excluding hydrogens is 530 g/mol. The minimum Gasteiger partial charge on any atom is -0.352 e. The Kier molecular flexibility index (Phi) is 7.96. The van der Waals surface area contributed by atoms with Gasteiger partial charge in [-0.25, -0.2) is 0 Å². The summed E-state index contributed by atoms with van der Waals surface area (Å²) >= 11 is 4.59. The number of rotatable bonds is 8. The number of anilines is 2. The van der Waals surface area contributed by atoms with Gasteiger partial charge in [-0.1, -0.05) is 51.5 Å². The molecular formula is C25H20BrN5O3S. The summed E-state index contributed by atoms with van der Waals surface area (Å²) in [6, 6.07) is 22.6. The first-order valence-electron chi connectivity index (χ1n) is 10.6. The lowest BCUT2D eigenvalue weighted by molar-refractivity contribution is 0.0952. The van der Waals surface area contributed by atoms with E-state index in [1.807, 2.05) is 12.1 Å². The Labute approximate surface area is 213 Å². The SMILES string of the molecule is O=C(NCCc1nnc(NC(=O)c2ccc(NC(=O)c3ccccc3)cc2)s1)c1cccc(Br)c1. The molecule has 4 aromatic rings.